The molecule has 0 aromatic carbocycles. The Morgan fingerprint density at radius 3 is 2.33 bits per heavy atom. The average Bonchev–Trinajstić information content (AvgIpc) is 3.36. The van der Waals surface area contributed by atoms with Gasteiger partial charge < -0.3 is 35.1 Å². The maximum absolute atomic E-state index is 13.5. The third-order valence-electron chi connectivity index (χ3n) is 7.30. The Labute approximate surface area is 215 Å². The first-order valence-corrected chi connectivity index (χ1v) is 12.7. The second-order valence-corrected chi connectivity index (χ2v) is 9.48. The number of ether oxygens (including phenoxy) is 3. The summed E-state index contributed by atoms with van der Waals surface area (Å²) in [5.41, 5.74) is 5.59. The number of nitrogens with zero attached hydrogens (tertiary/aromatic N) is 2. The topological polar surface area (TPSA) is 141 Å². The number of carbonyl (C=O) groups excluding carboxylic acids is 4. The molecule has 3 amide bonds. The second kappa shape index (κ2) is 15.8. The van der Waals surface area contributed by atoms with E-state index < -0.39 is 24.1 Å². The number of nitrogens with two attached hydrogens (primary N) is 1. The van der Waals surface area contributed by atoms with Gasteiger partial charge in [0.05, 0.1) is 43.7 Å². The Kier molecular flexibility index (Phi) is 13.9. The summed E-state index contributed by atoms with van der Waals surface area (Å²) in [5, 5.41) is 2.56. The van der Waals surface area contributed by atoms with E-state index in [0.29, 0.717) is 13.0 Å². The Bertz CT molecular complexity index is 735. The van der Waals surface area contributed by atoms with Crippen LogP contribution in [0.15, 0.2) is 0 Å². The van der Waals surface area contributed by atoms with Crippen LogP contribution < -0.4 is 11.1 Å². The number of nitrogens with one attached hydrogen (secondary N) is 1. The minimum Gasteiger partial charge on any atom is -0.468 e. The van der Waals surface area contributed by atoms with Crippen molar-refractivity contribution in [1.29, 1.82) is 0 Å². The number of amides is 3. The number of rotatable bonds is 15. The highest BCUT2D eigenvalue weighted by Crippen LogP contribution is 2.29. The number of carbonyl (C=O) groups is 4. The maximum Gasteiger partial charge on any atom is 0.325 e. The van der Waals surface area contributed by atoms with Gasteiger partial charge in [-0.15, -0.1) is 0 Å². The molecule has 1 heterocycles. The number of esters is 1. The van der Waals surface area contributed by atoms with Crippen molar-refractivity contribution in [2.45, 2.75) is 77.2 Å². The average molecular weight is 515 g/mol. The zero-order valence-corrected chi connectivity index (χ0v) is 23.0. The molecule has 1 aliphatic rings. The lowest BCUT2D eigenvalue weighted by atomic mass is 9.90. The molecule has 1 saturated heterocycles. The first-order valence-electron chi connectivity index (χ1n) is 12.7. The van der Waals surface area contributed by atoms with E-state index in [0.717, 1.165) is 12.8 Å². The Balaban J connectivity index is 3.02. The van der Waals surface area contributed by atoms with Crippen LogP contribution in [0, 0.1) is 11.8 Å². The van der Waals surface area contributed by atoms with Crippen molar-refractivity contribution in [1.82, 2.24) is 15.1 Å². The van der Waals surface area contributed by atoms with E-state index in [1.54, 1.807) is 30.9 Å². The van der Waals surface area contributed by atoms with E-state index in [1.807, 2.05) is 13.8 Å². The zero-order valence-electron chi connectivity index (χ0n) is 23.0. The summed E-state index contributed by atoms with van der Waals surface area (Å²) in [7, 11) is 6.06. The minimum atomic E-state index is -0.593. The summed E-state index contributed by atoms with van der Waals surface area (Å²) in [6.07, 6.45) is 1.58. The monoisotopic (exact) mass is 514 g/mol. The van der Waals surface area contributed by atoms with Crippen molar-refractivity contribution in [3.63, 3.8) is 0 Å². The van der Waals surface area contributed by atoms with Gasteiger partial charge in [-0.05, 0) is 18.8 Å². The van der Waals surface area contributed by atoms with Crippen molar-refractivity contribution in [2.24, 2.45) is 17.6 Å². The van der Waals surface area contributed by atoms with Gasteiger partial charge in [-0.25, -0.2) is 0 Å². The van der Waals surface area contributed by atoms with Crippen molar-refractivity contribution < 1.29 is 33.4 Å². The van der Waals surface area contributed by atoms with Crippen molar-refractivity contribution in [3.8, 4) is 0 Å². The standard InChI is InChI=1S/C25H46N4O7/c1-8-16(2)23(28(4)20(30)11-12-26)19(34-5)14-21(31)29-13-9-10-18(29)24(36-7)17(3)25(33)27-15-22(32)35-6/h16-19,23-24H,8-15,26H2,1-7H3,(H,27,33). The Morgan fingerprint density at radius 1 is 1.14 bits per heavy atom. The lowest BCUT2D eigenvalue weighted by molar-refractivity contribution is -0.146. The summed E-state index contributed by atoms with van der Waals surface area (Å²) in [4.78, 5) is 53.6. The predicted octanol–water partition coefficient (Wildman–Crippen LogP) is 0.545. The lowest BCUT2D eigenvalue weighted by Gasteiger charge is -2.39. The molecule has 0 saturated carbocycles. The third-order valence-corrected chi connectivity index (χ3v) is 7.30. The van der Waals surface area contributed by atoms with Gasteiger partial charge in [0.15, 0.2) is 0 Å². The highest BCUT2D eigenvalue weighted by molar-refractivity contribution is 5.84. The summed E-state index contributed by atoms with van der Waals surface area (Å²) >= 11 is 0. The quantitative estimate of drug-likeness (QED) is 0.302. The van der Waals surface area contributed by atoms with Gasteiger partial charge in [-0.3, -0.25) is 19.2 Å². The first-order chi connectivity index (χ1) is 17.1. The van der Waals surface area contributed by atoms with Gasteiger partial charge in [0.2, 0.25) is 17.7 Å². The molecule has 11 heteroatoms. The van der Waals surface area contributed by atoms with Gasteiger partial charge in [0, 0.05) is 40.8 Å². The molecule has 1 rings (SSSR count). The molecule has 0 aromatic heterocycles. The molecule has 36 heavy (non-hydrogen) atoms. The SMILES string of the molecule is CCC(C)C(C(CC(=O)N1CCCC1C(OC)C(C)C(=O)NCC(=O)OC)OC)N(C)C(=O)CCN. The van der Waals surface area contributed by atoms with Gasteiger partial charge in [-0.1, -0.05) is 27.2 Å². The van der Waals surface area contributed by atoms with Crippen molar-refractivity contribution >= 4 is 23.7 Å². The summed E-state index contributed by atoms with van der Waals surface area (Å²) in [5.74, 6) is -1.57. The molecule has 6 unspecified atom stereocenters. The molecule has 0 bridgehead atoms. The number of likely N-dealkylation sites (tertiary alicyclic amines) is 1. The zero-order chi connectivity index (χ0) is 27.4. The Morgan fingerprint density at radius 2 is 1.81 bits per heavy atom. The molecular weight excluding hydrogens is 468 g/mol. The molecule has 0 aromatic rings. The van der Waals surface area contributed by atoms with E-state index in [1.165, 1.54) is 14.2 Å². The fourth-order valence-electron chi connectivity index (χ4n) is 5.02. The maximum atomic E-state index is 13.5. The van der Waals surface area contributed by atoms with Crippen LogP contribution in [0.5, 0.6) is 0 Å². The van der Waals surface area contributed by atoms with Crippen LogP contribution in [0.25, 0.3) is 0 Å². The summed E-state index contributed by atoms with van der Waals surface area (Å²) in [6.45, 7) is 6.38. The molecule has 0 spiro atoms. The van der Waals surface area contributed by atoms with Crippen LogP contribution in [-0.4, -0.2) is 106 Å². The largest absolute Gasteiger partial charge is 0.468 e. The van der Waals surface area contributed by atoms with E-state index in [9.17, 15) is 19.2 Å². The van der Waals surface area contributed by atoms with Gasteiger partial charge >= 0.3 is 5.97 Å². The molecule has 0 aliphatic carbocycles. The molecule has 0 radical (unpaired) electrons. The number of hydrogen-bond acceptors (Lipinski definition) is 8. The van der Waals surface area contributed by atoms with Crippen LogP contribution in [0.3, 0.4) is 0 Å². The number of likely N-dealkylation sites (N-methyl/N-ethyl adjacent to an activating group) is 1. The highest BCUT2D eigenvalue weighted by atomic mass is 16.5. The van der Waals surface area contributed by atoms with Crippen molar-refractivity contribution in [3.05, 3.63) is 0 Å². The highest BCUT2D eigenvalue weighted by Gasteiger charge is 2.41. The molecule has 1 aliphatic heterocycles. The smallest absolute Gasteiger partial charge is 0.325 e. The second-order valence-electron chi connectivity index (χ2n) is 9.48. The third kappa shape index (κ3) is 8.41. The van der Waals surface area contributed by atoms with Crippen LogP contribution >= 0.6 is 0 Å². The van der Waals surface area contributed by atoms with Crippen LogP contribution in [-0.2, 0) is 33.4 Å². The molecular formula is C25H46N4O7. The molecule has 208 valence electrons. The lowest BCUT2D eigenvalue weighted by Crippen LogP contribution is -2.53. The van der Waals surface area contributed by atoms with Crippen LogP contribution in [0.2, 0.25) is 0 Å². The van der Waals surface area contributed by atoms with E-state index in [-0.39, 0.29) is 61.7 Å². The van der Waals surface area contributed by atoms with Crippen LogP contribution in [0.4, 0.5) is 0 Å². The summed E-state index contributed by atoms with van der Waals surface area (Å²) < 4.78 is 16.0. The normalized spacial score (nSPS) is 19.7. The predicted molar refractivity (Wildman–Crippen MR) is 135 cm³/mol. The fraction of sp³-hybridized carbons (Fsp3) is 0.840. The number of hydrogen-bond donors (Lipinski definition) is 2. The molecule has 6 atom stereocenters. The first kappa shape index (κ1) is 31.8. The number of methoxy groups -OCH3 is 3. The van der Waals surface area contributed by atoms with Crippen molar-refractivity contribution in [2.75, 3.05) is 48.0 Å². The summed E-state index contributed by atoms with van der Waals surface area (Å²) in [6, 6.07) is -0.581. The van der Waals surface area contributed by atoms with Gasteiger partial charge in [-0.2, -0.15) is 0 Å². The van der Waals surface area contributed by atoms with E-state index >= 15 is 0 Å². The Hall–Kier alpha value is -2.24. The van der Waals surface area contributed by atoms with Crippen LogP contribution in [0.1, 0.15) is 52.9 Å². The fourth-order valence-corrected chi connectivity index (χ4v) is 5.02. The van der Waals surface area contributed by atoms with E-state index in [2.05, 4.69) is 10.1 Å². The van der Waals surface area contributed by atoms with E-state index in [4.69, 9.17) is 15.2 Å². The minimum absolute atomic E-state index is 0.0809. The molecule has 3 N–H and O–H groups in total. The molecule has 1 fully saturated rings. The van der Waals surface area contributed by atoms with Gasteiger partial charge in [0.25, 0.3) is 0 Å². The van der Waals surface area contributed by atoms with Gasteiger partial charge in [0.1, 0.15) is 6.54 Å². The molecule has 11 nitrogen and oxygen atoms in total.